The molecule has 1 aliphatic heterocycles. The SMILES string of the molecule is O=c1c2ccccc2nc(-c2cc(-c3ccccc3)c(N3CCOCC3)s2)n1-c1ccc(Cl)cc1. The number of ether oxygens (including phenoxy) is 1. The Hall–Kier alpha value is -3.45. The molecule has 0 spiro atoms. The van der Waals surface area contributed by atoms with Crippen LogP contribution >= 0.6 is 22.9 Å². The van der Waals surface area contributed by atoms with Gasteiger partial charge in [-0.05, 0) is 48.0 Å². The molecule has 0 saturated carbocycles. The highest BCUT2D eigenvalue weighted by Gasteiger charge is 2.23. The van der Waals surface area contributed by atoms with E-state index in [4.69, 9.17) is 21.3 Å². The highest BCUT2D eigenvalue weighted by molar-refractivity contribution is 7.20. The topological polar surface area (TPSA) is 47.4 Å². The number of para-hydroxylation sites is 1. The van der Waals surface area contributed by atoms with E-state index in [2.05, 4.69) is 23.1 Å². The number of thiophene rings is 1. The molecule has 0 bridgehead atoms. The highest BCUT2D eigenvalue weighted by atomic mass is 35.5. The van der Waals surface area contributed by atoms with Crippen LogP contribution in [0.25, 0.3) is 38.4 Å². The summed E-state index contributed by atoms with van der Waals surface area (Å²) >= 11 is 7.82. The van der Waals surface area contributed by atoms with Crippen LogP contribution in [0.5, 0.6) is 0 Å². The molecule has 0 unspecified atom stereocenters. The van der Waals surface area contributed by atoms with E-state index in [0.717, 1.165) is 34.8 Å². The zero-order chi connectivity index (χ0) is 23.8. The summed E-state index contributed by atoms with van der Waals surface area (Å²) in [6.07, 6.45) is 0. The van der Waals surface area contributed by atoms with Crippen molar-refractivity contribution in [2.75, 3.05) is 31.2 Å². The Labute approximate surface area is 211 Å². The molecular formula is C28H22ClN3O2S. The second-order valence-electron chi connectivity index (χ2n) is 8.36. The van der Waals surface area contributed by atoms with Crippen molar-refractivity contribution in [3.63, 3.8) is 0 Å². The highest BCUT2D eigenvalue weighted by Crippen LogP contribution is 2.43. The van der Waals surface area contributed by atoms with Crippen LogP contribution in [-0.2, 0) is 4.74 Å². The third-order valence-corrected chi connectivity index (χ3v) is 7.62. The molecule has 35 heavy (non-hydrogen) atoms. The van der Waals surface area contributed by atoms with Gasteiger partial charge in [-0.25, -0.2) is 4.98 Å². The molecule has 0 radical (unpaired) electrons. The molecule has 2 aromatic heterocycles. The number of nitrogens with zero attached hydrogens (tertiary/aromatic N) is 3. The van der Waals surface area contributed by atoms with Gasteiger partial charge < -0.3 is 9.64 Å². The molecule has 3 heterocycles. The monoisotopic (exact) mass is 499 g/mol. The molecule has 5 nitrogen and oxygen atoms in total. The first-order valence-corrected chi connectivity index (χ1v) is 12.7. The molecule has 5 aromatic rings. The van der Waals surface area contributed by atoms with Gasteiger partial charge in [-0.2, -0.15) is 0 Å². The number of aromatic nitrogens is 2. The summed E-state index contributed by atoms with van der Waals surface area (Å²) in [7, 11) is 0. The van der Waals surface area contributed by atoms with Crippen LogP contribution in [0, 0.1) is 0 Å². The van der Waals surface area contributed by atoms with Gasteiger partial charge in [-0.15, -0.1) is 11.3 Å². The number of halogens is 1. The van der Waals surface area contributed by atoms with Crippen LogP contribution < -0.4 is 10.5 Å². The molecule has 0 aliphatic carbocycles. The lowest BCUT2D eigenvalue weighted by Gasteiger charge is -2.28. The normalized spacial score (nSPS) is 13.9. The average Bonchev–Trinajstić information content (AvgIpc) is 3.36. The van der Waals surface area contributed by atoms with Gasteiger partial charge in [0.2, 0.25) is 0 Å². The largest absolute Gasteiger partial charge is 0.378 e. The minimum atomic E-state index is -0.101. The van der Waals surface area contributed by atoms with Crippen LogP contribution in [0.3, 0.4) is 0 Å². The molecule has 3 aromatic carbocycles. The summed E-state index contributed by atoms with van der Waals surface area (Å²) in [5.74, 6) is 0.623. The minimum absolute atomic E-state index is 0.101. The summed E-state index contributed by atoms with van der Waals surface area (Å²) in [5.41, 5.74) is 3.58. The summed E-state index contributed by atoms with van der Waals surface area (Å²) in [6, 6.07) is 27.3. The predicted molar refractivity (Wildman–Crippen MR) is 144 cm³/mol. The Morgan fingerprint density at radius 1 is 0.886 bits per heavy atom. The van der Waals surface area contributed by atoms with Gasteiger partial charge in [0, 0.05) is 23.7 Å². The van der Waals surface area contributed by atoms with E-state index in [0.29, 0.717) is 35.0 Å². The first kappa shape index (κ1) is 22.0. The maximum atomic E-state index is 13.7. The van der Waals surface area contributed by atoms with Gasteiger partial charge in [-0.1, -0.05) is 54.1 Å². The number of fused-ring (bicyclic) bond motifs is 1. The number of anilines is 1. The van der Waals surface area contributed by atoms with Crippen molar-refractivity contribution >= 4 is 38.8 Å². The third kappa shape index (κ3) is 4.14. The molecule has 1 aliphatic rings. The predicted octanol–water partition coefficient (Wildman–Crippen LogP) is 6.27. The summed E-state index contributed by atoms with van der Waals surface area (Å²) < 4.78 is 7.30. The van der Waals surface area contributed by atoms with E-state index in [-0.39, 0.29) is 5.56 Å². The molecular weight excluding hydrogens is 478 g/mol. The van der Waals surface area contributed by atoms with E-state index in [1.54, 1.807) is 28.0 Å². The van der Waals surface area contributed by atoms with Gasteiger partial charge >= 0.3 is 0 Å². The second-order valence-corrected chi connectivity index (χ2v) is 9.83. The fourth-order valence-corrected chi connectivity index (χ4v) is 5.78. The standard InChI is InChI=1S/C28H22ClN3O2S/c29-20-10-12-21(13-11-20)32-26(30-24-9-5-4-8-22(24)27(32)33)25-18-23(19-6-2-1-3-7-19)28(35-25)31-14-16-34-17-15-31/h1-13,18H,14-17H2. The Balaban J connectivity index is 1.61. The van der Waals surface area contributed by atoms with Crippen molar-refractivity contribution in [1.82, 2.24) is 9.55 Å². The van der Waals surface area contributed by atoms with E-state index < -0.39 is 0 Å². The first-order valence-electron chi connectivity index (χ1n) is 11.5. The van der Waals surface area contributed by atoms with Gasteiger partial charge in [0.1, 0.15) is 0 Å². The number of hydrogen-bond donors (Lipinski definition) is 0. The number of benzene rings is 3. The van der Waals surface area contributed by atoms with Crippen molar-refractivity contribution in [3.05, 3.63) is 100 Å². The van der Waals surface area contributed by atoms with Crippen LogP contribution in [0.15, 0.2) is 89.7 Å². The summed E-state index contributed by atoms with van der Waals surface area (Å²) in [6.45, 7) is 3.06. The van der Waals surface area contributed by atoms with Crippen LogP contribution in [0.4, 0.5) is 5.00 Å². The molecule has 0 N–H and O–H groups in total. The molecule has 174 valence electrons. The van der Waals surface area contributed by atoms with E-state index in [1.165, 1.54) is 5.00 Å². The summed E-state index contributed by atoms with van der Waals surface area (Å²) in [5, 5.41) is 2.37. The van der Waals surface area contributed by atoms with Crippen LogP contribution in [0.2, 0.25) is 5.02 Å². The van der Waals surface area contributed by atoms with Gasteiger partial charge in [0.05, 0.1) is 39.7 Å². The van der Waals surface area contributed by atoms with E-state index >= 15 is 0 Å². The smallest absolute Gasteiger partial charge is 0.266 e. The number of rotatable bonds is 4. The van der Waals surface area contributed by atoms with Gasteiger partial charge in [0.15, 0.2) is 5.82 Å². The molecule has 1 fully saturated rings. The average molecular weight is 500 g/mol. The molecule has 1 saturated heterocycles. The van der Waals surface area contributed by atoms with E-state index in [9.17, 15) is 4.79 Å². The van der Waals surface area contributed by atoms with Crippen molar-refractivity contribution in [2.45, 2.75) is 0 Å². The molecule has 6 rings (SSSR count). The number of hydrogen-bond acceptors (Lipinski definition) is 5. The minimum Gasteiger partial charge on any atom is -0.378 e. The molecule has 7 heteroatoms. The lowest BCUT2D eigenvalue weighted by atomic mass is 10.1. The van der Waals surface area contributed by atoms with E-state index in [1.807, 2.05) is 54.6 Å². The maximum Gasteiger partial charge on any atom is 0.266 e. The summed E-state index contributed by atoms with van der Waals surface area (Å²) in [4.78, 5) is 22.0. The quantitative estimate of drug-likeness (QED) is 0.292. The van der Waals surface area contributed by atoms with Crippen LogP contribution in [0.1, 0.15) is 0 Å². The Kier molecular flexibility index (Phi) is 5.86. The lowest BCUT2D eigenvalue weighted by Crippen LogP contribution is -2.35. The first-order chi connectivity index (χ1) is 17.2. The second kappa shape index (κ2) is 9.30. The van der Waals surface area contributed by atoms with Gasteiger partial charge in [0.25, 0.3) is 5.56 Å². The third-order valence-electron chi connectivity index (χ3n) is 6.18. The Morgan fingerprint density at radius 2 is 1.60 bits per heavy atom. The number of morpholine rings is 1. The maximum absolute atomic E-state index is 13.7. The van der Waals surface area contributed by atoms with Gasteiger partial charge in [-0.3, -0.25) is 9.36 Å². The fourth-order valence-electron chi connectivity index (χ4n) is 4.45. The van der Waals surface area contributed by atoms with Crippen molar-refractivity contribution < 1.29 is 4.74 Å². The lowest BCUT2D eigenvalue weighted by molar-refractivity contribution is 0.123. The Morgan fingerprint density at radius 3 is 2.37 bits per heavy atom. The van der Waals surface area contributed by atoms with Crippen molar-refractivity contribution in [1.29, 1.82) is 0 Å². The van der Waals surface area contributed by atoms with Crippen LogP contribution in [-0.4, -0.2) is 35.9 Å². The Bertz CT molecular complexity index is 1560. The van der Waals surface area contributed by atoms with Crippen molar-refractivity contribution in [3.8, 4) is 27.5 Å². The fraction of sp³-hybridized carbons (Fsp3) is 0.143. The molecule has 0 amide bonds. The zero-order valence-corrected chi connectivity index (χ0v) is 20.4. The zero-order valence-electron chi connectivity index (χ0n) is 18.9. The van der Waals surface area contributed by atoms with Crippen molar-refractivity contribution in [2.24, 2.45) is 0 Å². The molecule has 0 atom stereocenters.